The minimum atomic E-state index is -0.794. The molecule has 6 nitrogen and oxygen atoms in total. The molecule has 1 unspecified atom stereocenters. The first-order chi connectivity index (χ1) is 40.5. The molecule has 0 spiro atoms. The van der Waals surface area contributed by atoms with Gasteiger partial charge < -0.3 is 14.2 Å². The Hall–Kier alpha value is -4.45. The van der Waals surface area contributed by atoms with Gasteiger partial charge >= 0.3 is 17.9 Å². The van der Waals surface area contributed by atoms with Crippen molar-refractivity contribution in [3.05, 3.63) is 134 Å². The lowest BCUT2D eigenvalue weighted by atomic mass is 10.1. The number of carbonyl (C=O) groups is 3. The van der Waals surface area contributed by atoms with E-state index in [1.165, 1.54) is 122 Å². The van der Waals surface area contributed by atoms with Crippen LogP contribution in [0.4, 0.5) is 0 Å². The van der Waals surface area contributed by atoms with Crippen LogP contribution in [0.1, 0.15) is 310 Å². The number of rotatable bonds is 61. The Labute approximate surface area is 506 Å². The van der Waals surface area contributed by atoms with Gasteiger partial charge in [0, 0.05) is 19.3 Å². The third kappa shape index (κ3) is 66.4. The summed E-state index contributed by atoms with van der Waals surface area (Å²) >= 11 is 0. The highest BCUT2D eigenvalue weighted by Crippen LogP contribution is 2.15. The smallest absolute Gasteiger partial charge is 0.306 e. The maximum Gasteiger partial charge on any atom is 0.306 e. The summed E-state index contributed by atoms with van der Waals surface area (Å²) in [6.07, 6.45) is 97.5. The van der Waals surface area contributed by atoms with E-state index in [0.29, 0.717) is 19.3 Å². The summed E-state index contributed by atoms with van der Waals surface area (Å²) in [5.74, 6) is -0.911. The van der Waals surface area contributed by atoms with Gasteiger partial charge in [0.15, 0.2) is 6.10 Å². The maximum absolute atomic E-state index is 12.9. The number of esters is 3. The Balaban J connectivity index is 4.25. The highest BCUT2D eigenvalue weighted by molar-refractivity contribution is 5.71. The van der Waals surface area contributed by atoms with Crippen molar-refractivity contribution in [1.29, 1.82) is 0 Å². The first-order valence-electron chi connectivity index (χ1n) is 34.2. The molecule has 0 amide bonds. The van der Waals surface area contributed by atoms with E-state index in [1.54, 1.807) is 0 Å². The number of ether oxygens (including phenoxy) is 3. The summed E-state index contributed by atoms with van der Waals surface area (Å²) in [6.45, 7) is 6.48. The van der Waals surface area contributed by atoms with Crippen LogP contribution in [0.3, 0.4) is 0 Å². The van der Waals surface area contributed by atoms with Crippen LogP contribution in [-0.4, -0.2) is 37.2 Å². The average Bonchev–Trinajstić information content (AvgIpc) is 3.47. The van der Waals surface area contributed by atoms with Crippen molar-refractivity contribution in [3.8, 4) is 0 Å². The Kier molecular flexibility index (Phi) is 65.3. The second kappa shape index (κ2) is 69.0. The predicted molar refractivity (Wildman–Crippen MR) is 357 cm³/mol. The topological polar surface area (TPSA) is 78.9 Å². The molecule has 0 saturated carbocycles. The van der Waals surface area contributed by atoms with Crippen LogP contribution in [-0.2, 0) is 28.6 Å². The van der Waals surface area contributed by atoms with Gasteiger partial charge in [-0.1, -0.05) is 283 Å². The minimum Gasteiger partial charge on any atom is -0.462 e. The molecule has 0 aliphatic rings. The summed E-state index contributed by atoms with van der Waals surface area (Å²) < 4.78 is 16.9. The predicted octanol–water partition coefficient (Wildman–Crippen LogP) is 23.7. The zero-order valence-electron chi connectivity index (χ0n) is 53.5. The molecule has 0 rings (SSSR count). The molecule has 0 aromatic heterocycles. The summed E-state index contributed by atoms with van der Waals surface area (Å²) in [5, 5.41) is 0. The molecule has 0 heterocycles. The lowest BCUT2D eigenvalue weighted by Crippen LogP contribution is -2.30. The quantitative estimate of drug-likeness (QED) is 0.0261. The standard InChI is InChI=1S/C76H126O6/c1-4-7-10-13-16-19-22-25-27-29-30-31-32-33-34-35-36-37-38-39-40-41-42-43-44-45-46-47-49-51-54-57-60-63-66-69-75(78)81-72-73(71-80-74(77)68-65-62-59-56-53-50-24-21-18-15-12-9-6-3)82-76(79)70-67-64-61-58-55-52-48-28-26-23-20-17-14-11-8-5-2/h7,10,16,19-21,23-25,27-28,30-31,33-34,36-37,39-40,42-43,48,73H,4-6,8-9,11-15,17-18,22,26,29,32,35,38,41,44-47,49-72H2,1-3H3/b10-7-,19-16-,23-20-,24-21-,27-25-,31-30-,34-33-,37-36-,40-39-,43-42-,48-28-. The molecule has 1 atom stereocenters. The van der Waals surface area contributed by atoms with Crippen LogP contribution >= 0.6 is 0 Å². The largest absolute Gasteiger partial charge is 0.462 e. The third-order valence-electron chi connectivity index (χ3n) is 14.4. The van der Waals surface area contributed by atoms with Gasteiger partial charge in [-0.25, -0.2) is 0 Å². The fourth-order valence-electron chi connectivity index (χ4n) is 9.25. The number of hydrogen-bond acceptors (Lipinski definition) is 6. The Bertz CT molecular complexity index is 1730. The molecule has 0 radical (unpaired) electrons. The Morgan fingerprint density at radius 2 is 0.476 bits per heavy atom. The SMILES string of the molecule is CC/C=C\C/C=C\C/C=C\C/C=C\C/C=C\C/C=C\C/C=C\C/C=C\CCCCCCCCCCCCC(=O)OCC(COC(=O)CCCCCCC/C=C\CCCCCC)OC(=O)CCCCCCC/C=C\C/C=C\CCCCCC. The van der Waals surface area contributed by atoms with E-state index in [2.05, 4.69) is 154 Å². The van der Waals surface area contributed by atoms with E-state index in [4.69, 9.17) is 14.2 Å². The monoisotopic (exact) mass is 1130 g/mol. The van der Waals surface area contributed by atoms with E-state index >= 15 is 0 Å². The molecule has 466 valence electrons. The van der Waals surface area contributed by atoms with E-state index in [0.717, 1.165) is 148 Å². The van der Waals surface area contributed by atoms with Gasteiger partial charge in [-0.05, 0) is 141 Å². The molecule has 0 aliphatic heterocycles. The van der Waals surface area contributed by atoms with Crippen LogP contribution < -0.4 is 0 Å². The third-order valence-corrected chi connectivity index (χ3v) is 14.4. The van der Waals surface area contributed by atoms with E-state index in [-0.39, 0.29) is 31.1 Å². The molecule has 6 heteroatoms. The highest BCUT2D eigenvalue weighted by atomic mass is 16.6. The van der Waals surface area contributed by atoms with Crippen molar-refractivity contribution >= 4 is 17.9 Å². The molecular weight excluding hydrogens is 1010 g/mol. The van der Waals surface area contributed by atoms with Gasteiger partial charge in [-0.3, -0.25) is 14.4 Å². The van der Waals surface area contributed by atoms with Crippen molar-refractivity contribution in [3.63, 3.8) is 0 Å². The van der Waals surface area contributed by atoms with Gasteiger partial charge in [0.2, 0.25) is 0 Å². The molecule has 82 heavy (non-hydrogen) atoms. The van der Waals surface area contributed by atoms with Crippen LogP contribution in [0.25, 0.3) is 0 Å². The summed E-state index contributed by atoms with van der Waals surface area (Å²) in [7, 11) is 0. The lowest BCUT2D eigenvalue weighted by molar-refractivity contribution is -0.167. The van der Waals surface area contributed by atoms with Crippen LogP contribution in [0, 0.1) is 0 Å². The first kappa shape index (κ1) is 77.5. The second-order valence-electron chi connectivity index (χ2n) is 22.3. The normalized spacial score (nSPS) is 13.0. The number of allylic oxidation sites excluding steroid dienone is 22. The van der Waals surface area contributed by atoms with Crippen molar-refractivity contribution < 1.29 is 28.6 Å². The summed E-state index contributed by atoms with van der Waals surface area (Å²) in [6, 6.07) is 0. The molecule has 0 aliphatic carbocycles. The number of hydrogen-bond donors (Lipinski definition) is 0. The second-order valence-corrected chi connectivity index (χ2v) is 22.3. The lowest BCUT2D eigenvalue weighted by Gasteiger charge is -2.18. The maximum atomic E-state index is 12.9. The average molecular weight is 1140 g/mol. The van der Waals surface area contributed by atoms with Crippen LogP contribution in [0.15, 0.2) is 134 Å². The first-order valence-corrected chi connectivity index (χ1v) is 34.2. The van der Waals surface area contributed by atoms with E-state index < -0.39 is 6.10 Å². The fraction of sp³-hybridized carbons (Fsp3) is 0.671. The zero-order chi connectivity index (χ0) is 59.2. The van der Waals surface area contributed by atoms with Crippen LogP contribution in [0.2, 0.25) is 0 Å². The van der Waals surface area contributed by atoms with E-state index in [9.17, 15) is 14.4 Å². The Morgan fingerprint density at radius 3 is 0.756 bits per heavy atom. The molecule has 0 saturated heterocycles. The minimum absolute atomic E-state index is 0.0900. The Morgan fingerprint density at radius 1 is 0.256 bits per heavy atom. The highest BCUT2D eigenvalue weighted by Gasteiger charge is 2.19. The van der Waals surface area contributed by atoms with Crippen LogP contribution in [0.5, 0.6) is 0 Å². The molecular formula is C76H126O6. The van der Waals surface area contributed by atoms with Crippen molar-refractivity contribution in [1.82, 2.24) is 0 Å². The van der Waals surface area contributed by atoms with Crippen molar-refractivity contribution in [2.24, 2.45) is 0 Å². The molecule has 0 bridgehead atoms. The molecule has 0 fully saturated rings. The molecule has 0 aromatic rings. The molecule has 0 N–H and O–H groups in total. The summed E-state index contributed by atoms with van der Waals surface area (Å²) in [5.41, 5.74) is 0. The number of carbonyl (C=O) groups excluding carboxylic acids is 3. The van der Waals surface area contributed by atoms with Crippen molar-refractivity contribution in [2.75, 3.05) is 13.2 Å². The summed E-state index contributed by atoms with van der Waals surface area (Å²) in [4.78, 5) is 38.3. The van der Waals surface area contributed by atoms with Gasteiger partial charge in [-0.2, -0.15) is 0 Å². The van der Waals surface area contributed by atoms with Gasteiger partial charge in [0.25, 0.3) is 0 Å². The molecule has 0 aromatic carbocycles. The van der Waals surface area contributed by atoms with E-state index in [1.807, 2.05) is 0 Å². The number of unbranched alkanes of at least 4 members (excludes halogenated alkanes) is 28. The zero-order valence-corrected chi connectivity index (χ0v) is 53.5. The van der Waals surface area contributed by atoms with Gasteiger partial charge in [0.05, 0.1) is 0 Å². The van der Waals surface area contributed by atoms with Gasteiger partial charge in [-0.15, -0.1) is 0 Å². The van der Waals surface area contributed by atoms with Gasteiger partial charge in [0.1, 0.15) is 13.2 Å². The fourth-order valence-corrected chi connectivity index (χ4v) is 9.25. The van der Waals surface area contributed by atoms with Crippen molar-refractivity contribution in [2.45, 2.75) is 316 Å².